The van der Waals surface area contributed by atoms with E-state index >= 15 is 0 Å². The Bertz CT molecular complexity index is 1000. The lowest BCUT2D eigenvalue weighted by Gasteiger charge is -2.16. The third-order valence-electron chi connectivity index (χ3n) is 4.99. The highest BCUT2D eigenvalue weighted by Gasteiger charge is 2.26. The van der Waals surface area contributed by atoms with Crippen LogP contribution in [0.5, 0.6) is 0 Å². The van der Waals surface area contributed by atoms with Gasteiger partial charge in [0.1, 0.15) is 5.69 Å². The topological polar surface area (TPSA) is 97.4 Å². The van der Waals surface area contributed by atoms with Crippen molar-refractivity contribution in [2.24, 2.45) is 5.92 Å². The zero-order chi connectivity index (χ0) is 21.8. The van der Waals surface area contributed by atoms with E-state index in [1.165, 1.54) is 7.11 Å². The Morgan fingerprint density at radius 2 is 1.90 bits per heavy atom. The second-order valence-corrected chi connectivity index (χ2v) is 8.11. The first-order chi connectivity index (χ1) is 14.3. The number of methoxy groups -OCH3 is 1. The lowest BCUT2D eigenvalue weighted by atomic mass is 10.0. The van der Waals surface area contributed by atoms with Crippen LogP contribution in [0, 0.1) is 12.8 Å². The van der Waals surface area contributed by atoms with Crippen LogP contribution in [0.15, 0.2) is 28.7 Å². The second kappa shape index (κ2) is 9.38. The van der Waals surface area contributed by atoms with E-state index in [4.69, 9.17) is 4.74 Å². The van der Waals surface area contributed by atoms with Gasteiger partial charge in [0.05, 0.1) is 23.9 Å². The Morgan fingerprint density at radius 3 is 2.53 bits per heavy atom. The van der Waals surface area contributed by atoms with Crippen LogP contribution in [0.3, 0.4) is 0 Å². The molecule has 0 bridgehead atoms. The molecular formula is C22H24BrN3O4. The molecule has 8 heteroatoms. The van der Waals surface area contributed by atoms with Gasteiger partial charge in [-0.25, -0.2) is 9.78 Å². The summed E-state index contributed by atoms with van der Waals surface area (Å²) in [6, 6.07) is 6.81. The highest BCUT2D eigenvalue weighted by Crippen LogP contribution is 2.31. The van der Waals surface area contributed by atoms with Gasteiger partial charge >= 0.3 is 5.97 Å². The van der Waals surface area contributed by atoms with E-state index < -0.39 is 11.9 Å². The third kappa shape index (κ3) is 4.87. The summed E-state index contributed by atoms with van der Waals surface area (Å²) in [4.78, 5) is 42.4. The molecule has 1 heterocycles. The van der Waals surface area contributed by atoms with Crippen molar-refractivity contribution in [1.82, 2.24) is 10.3 Å². The molecule has 0 atom stereocenters. The number of carbonyl (C=O) groups excluding carboxylic acids is 3. The molecule has 1 aromatic carbocycles. The average molecular weight is 474 g/mol. The van der Waals surface area contributed by atoms with Crippen molar-refractivity contribution in [2.75, 3.05) is 19.0 Å². The fourth-order valence-electron chi connectivity index (χ4n) is 3.10. The standard InChI is InChI=1S/C22H24BrN3O4/c1-4-14-8-10-16(23)17(22(29)30-3)18(14)26-20(27)15-9-5-12(2)25-19(15)21(28)24-11-13-6-7-13/h5,8-10,13H,4,6-7,11H2,1-3H3,(H,24,28)(H,26,27). The van der Waals surface area contributed by atoms with E-state index in [1.807, 2.05) is 13.0 Å². The molecule has 0 radical (unpaired) electrons. The Labute approximate surface area is 183 Å². The second-order valence-electron chi connectivity index (χ2n) is 7.26. The SMILES string of the molecule is CCc1ccc(Br)c(C(=O)OC)c1NC(=O)c1ccc(C)nc1C(=O)NCC1CC1. The molecule has 30 heavy (non-hydrogen) atoms. The Balaban J connectivity index is 1.95. The summed E-state index contributed by atoms with van der Waals surface area (Å²) in [6.07, 6.45) is 2.80. The smallest absolute Gasteiger partial charge is 0.341 e. The summed E-state index contributed by atoms with van der Waals surface area (Å²) in [5.41, 5.74) is 2.20. The van der Waals surface area contributed by atoms with Gasteiger partial charge in [0.15, 0.2) is 0 Å². The predicted molar refractivity (Wildman–Crippen MR) is 117 cm³/mol. The van der Waals surface area contributed by atoms with Gasteiger partial charge in [-0.15, -0.1) is 0 Å². The van der Waals surface area contributed by atoms with Crippen molar-refractivity contribution in [3.05, 3.63) is 56.8 Å². The minimum atomic E-state index is -0.572. The number of esters is 1. The predicted octanol–water partition coefficient (Wildman–Crippen LogP) is 3.89. The van der Waals surface area contributed by atoms with E-state index in [2.05, 4.69) is 31.5 Å². The highest BCUT2D eigenvalue weighted by molar-refractivity contribution is 9.10. The summed E-state index contributed by atoms with van der Waals surface area (Å²) in [5.74, 6) is -0.963. The van der Waals surface area contributed by atoms with Gasteiger partial charge in [-0.2, -0.15) is 0 Å². The molecule has 2 N–H and O–H groups in total. The van der Waals surface area contributed by atoms with E-state index in [0.29, 0.717) is 34.7 Å². The number of pyridine rings is 1. The average Bonchev–Trinajstić information content (AvgIpc) is 3.56. The minimum Gasteiger partial charge on any atom is -0.465 e. The number of rotatable bonds is 7. The maximum atomic E-state index is 13.1. The fraction of sp³-hybridized carbons (Fsp3) is 0.364. The van der Waals surface area contributed by atoms with Crippen LogP contribution in [-0.2, 0) is 11.2 Å². The monoisotopic (exact) mass is 473 g/mol. The van der Waals surface area contributed by atoms with Gasteiger partial charge in [-0.1, -0.05) is 13.0 Å². The van der Waals surface area contributed by atoms with Crippen LogP contribution in [0.4, 0.5) is 5.69 Å². The Kier molecular flexibility index (Phi) is 6.87. The number of carbonyl (C=O) groups is 3. The Morgan fingerprint density at radius 1 is 1.17 bits per heavy atom. The molecule has 1 saturated carbocycles. The lowest BCUT2D eigenvalue weighted by Crippen LogP contribution is -2.30. The summed E-state index contributed by atoms with van der Waals surface area (Å²) in [6.45, 7) is 4.26. The molecule has 0 saturated heterocycles. The highest BCUT2D eigenvalue weighted by atomic mass is 79.9. The fourth-order valence-corrected chi connectivity index (χ4v) is 3.59. The molecule has 1 aromatic heterocycles. The summed E-state index contributed by atoms with van der Waals surface area (Å²) in [7, 11) is 1.28. The van der Waals surface area contributed by atoms with Crippen molar-refractivity contribution in [1.29, 1.82) is 0 Å². The van der Waals surface area contributed by atoms with Crippen LogP contribution in [0.2, 0.25) is 0 Å². The van der Waals surface area contributed by atoms with Crippen molar-refractivity contribution in [2.45, 2.75) is 33.1 Å². The zero-order valence-electron chi connectivity index (χ0n) is 17.2. The van der Waals surface area contributed by atoms with Gasteiger partial charge in [-0.3, -0.25) is 9.59 Å². The van der Waals surface area contributed by atoms with Crippen molar-refractivity contribution in [3.8, 4) is 0 Å². The maximum Gasteiger partial charge on any atom is 0.341 e. The summed E-state index contributed by atoms with van der Waals surface area (Å²) in [5, 5.41) is 5.66. The van der Waals surface area contributed by atoms with Crippen molar-refractivity contribution in [3.63, 3.8) is 0 Å². The number of anilines is 1. The van der Waals surface area contributed by atoms with Gasteiger partial charge in [0.2, 0.25) is 0 Å². The number of nitrogens with zero attached hydrogens (tertiary/aromatic N) is 1. The molecule has 2 aromatic rings. The van der Waals surface area contributed by atoms with Crippen molar-refractivity contribution < 1.29 is 19.1 Å². The molecule has 158 valence electrons. The molecule has 0 unspecified atom stereocenters. The summed E-state index contributed by atoms with van der Waals surface area (Å²) < 4.78 is 5.39. The first kappa shape index (κ1) is 22.0. The number of nitrogens with one attached hydrogen (secondary N) is 2. The van der Waals surface area contributed by atoms with Crippen LogP contribution >= 0.6 is 15.9 Å². The van der Waals surface area contributed by atoms with E-state index in [9.17, 15) is 14.4 Å². The molecule has 0 spiro atoms. The third-order valence-corrected chi connectivity index (χ3v) is 5.65. The van der Waals surface area contributed by atoms with E-state index in [0.717, 1.165) is 18.4 Å². The largest absolute Gasteiger partial charge is 0.465 e. The van der Waals surface area contributed by atoms with E-state index in [1.54, 1.807) is 25.1 Å². The first-order valence-corrected chi connectivity index (χ1v) is 10.6. The molecule has 1 aliphatic rings. The number of hydrogen-bond donors (Lipinski definition) is 2. The first-order valence-electron chi connectivity index (χ1n) is 9.82. The molecule has 0 aliphatic heterocycles. The van der Waals surface area contributed by atoms with Crippen LogP contribution in [-0.4, -0.2) is 36.4 Å². The molecule has 2 amide bonds. The van der Waals surface area contributed by atoms with Crippen molar-refractivity contribution >= 4 is 39.4 Å². The number of ether oxygens (including phenoxy) is 1. The van der Waals surface area contributed by atoms with Gasteiger partial charge in [0, 0.05) is 16.7 Å². The number of hydrogen-bond acceptors (Lipinski definition) is 5. The lowest BCUT2D eigenvalue weighted by molar-refractivity contribution is 0.0600. The quantitative estimate of drug-likeness (QED) is 0.594. The van der Waals surface area contributed by atoms with Crippen LogP contribution in [0.1, 0.15) is 62.2 Å². The maximum absolute atomic E-state index is 13.1. The molecule has 1 aliphatic carbocycles. The molecule has 1 fully saturated rings. The van der Waals surface area contributed by atoms with Crippen LogP contribution in [0.25, 0.3) is 0 Å². The number of benzene rings is 1. The van der Waals surface area contributed by atoms with Crippen LogP contribution < -0.4 is 10.6 Å². The number of amides is 2. The minimum absolute atomic E-state index is 0.0702. The van der Waals surface area contributed by atoms with Gasteiger partial charge in [-0.05, 0) is 71.8 Å². The number of aryl methyl sites for hydroxylation is 2. The molecule has 3 rings (SSSR count). The normalized spacial score (nSPS) is 12.9. The van der Waals surface area contributed by atoms with Gasteiger partial charge in [0.25, 0.3) is 11.8 Å². The zero-order valence-corrected chi connectivity index (χ0v) is 18.8. The van der Waals surface area contributed by atoms with Gasteiger partial charge < -0.3 is 15.4 Å². The Hall–Kier alpha value is -2.74. The molecule has 7 nitrogen and oxygen atoms in total. The number of halogens is 1. The summed E-state index contributed by atoms with van der Waals surface area (Å²) >= 11 is 3.36. The number of aromatic nitrogens is 1. The van der Waals surface area contributed by atoms with E-state index in [-0.39, 0.29) is 22.7 Å². The molecular weight excluding hydrogens is 450 g/mol.